The van der Waals surface area contributed by atoms with E-state index in [1.54, 1.807) is 18.1 Å². The number of carbonyl (C=O) groups is 1. The maximum Gasteiger partial charge on any atom is 0.321 e. The van der Waals surface area contributed by atoms with Gasteiger partial charge in [0.1, 0.15) is 5.75 Å². The molecule has 0 unspecified atom stereocenters. The van der Waals surface area contributed by atoms with Gasteiger partial charge in [0.2, 0.25) is 0 Å². The zero-order valence-corrected chi connectivity index (χ0v) is 12.3. The van der Waals surface area contributed by atoms with Crippen LogP contribution in [0.4, 0.5) is 10.5 Å². The minimum absolute atomic E-state index is 0.161. The molecule has 0 radical (unpaired) electrons. The molecule has 1 heterocycles. The lowest BCUT2D eigenvalue weighted by Gasteiger charge is -2.19. The number of nitrogens with zero attached hydrogens (tertiary/aromatic N) is 2. The van der Waals surface area contributed by atoms with E-state index in [0.717, 1.165) is 12.0 Å². The van der Waals surface area contributed by atoms with E-state index in [4.69, 9.17) is 4.74 Å². The number of anilines is 1. The van der Waals surface area contributed by atoms with Crippen molar-refractivity contribution in [3.63, 3.8) is 0 Å². The normalized spacial score (nSPS) is 10.2. The van der Waals surface area contributed by atoms with Crippen LogP contribution < -0.4 is 10.1 Å². The van der Waals surface area contributed by atoms with Crippen LogP contribution in [0.25, 0.3) is 0 Å². The van der Waals surface area contributed by atoms with Crippen LogP contribution in [0.2, 0.25) is 0 Å². The first-order chi connectivity index (χ1) is 10.2. The highest BCUT2D eigenvalue weighted by Crippen LogP contribution is 2.23. The van der Waals surface area contributed by atoms with Gasteiger partial charge in [-0.1, -0.05) is 12.1 Å². The molecule has 2 N–H and O–H groups in total. The molecular formula is C15H20N4O2. The van der Waals surface area contributed by atoms with Gasteiger partial charge in [0.25, 0.3) is 0 Å². The molecule has 0 bridgehead atoms. The molecule has 0 aliphatic heterocycles. The Kier molecular flexibility index (Phi) is 5.20. The first kappa shape index (κ1) is 14.9. The third-order valence-corrected chi connectivity index (χ3v) is 3.07. The second-order valence-electron chi connectivity index (χ2n) is 4.64. The summed E-state index contributed by atoms with van der Waals surface area (Å²) in [6, 6.07) is 7.25. The summed E-state index contributed by atoms with van der Waals surface area (Å²) < 4.78 is 5.49. The Morgan fingerprint density at radius 3 is 2.95 bits per heavy atom. The number of hydrogen-bond donors (Lipinski definition) is 2. The van der Waals surface area contributed by atoms with Gasteiger partial charge in [0, 0.05) is 19.8 Å². The number of H-pyrrole nitrogens is 1. The highest BCUT2D eigenvalue weighted by Gasteiger charge is 2.11. The Hall–Kier alpha value is -2.50. The van der Waals surface area contributed by atoms with Crippen LogP contribution >= 0.6 is 0 Å². The van der Waals surface area contributed by atoms with Gasteiger partial charge in [0.15, 0.2) is 0 Å². The smallest absolute Gasteiger partial charge is 0.321 e. The van der Waals surface area contributed by atoms with Crippen molar-refractivity contribution in [1.29, 1.82) is 0 Å². The summed E-state index contributed by atoms with van der Waals surface area (Å²) in [6.45, 7) is 3.08. The van der Waals surface area contributed by atoms with Crippen molar-refractivity contribution < 1.29 is 9.53 Å². The number of hydrogen-bond acceptors (Lipinski definition) is 3. The van der Waals surface area contributed by atoms with Gasteiger partial charge in [-0.15, -0.1) is 0 Å². The SMILES string of the molecule is CCOc1ccccc1NC(=O)N(C)CCc1cn[nH]c1. The van der Waals surface area contributed by atoms with Crippen LogP contribution in [-0.4, -0.2) is 41.3 Å². The molecule has 6 heteroatoms. The fraction of sp³-hybridized carbons (Fsp3) is 0.333. The Morgan fingerprint density at radius 1 is 1.43 bits per heavy atom. The summed E-state index contributed by atoms with van der Waals surface area (Å²) in [5, 5.41) is 9.51. The van der Waals surface area contributed by atoms with E-state index in [1.807, 2.05) is 37.4 Å². The van der Waals surface area contributed by atoms with Crippen molar-refractivity contribution in [1.82, 2.24) is 15.1 Å². The first-order valence-electron chi connectivity index (χ1n) is 6.92. The first-order valence-corrected chi connectivity index (χ1v) is 6.92. The Bertz CT molecular complexity index is 569. The molecule has 112 valence electrons. The minimum atomic E-state index is -0.161. The largest absolute Gasteiger partial charge is 0.492 e. The molecule has 0 saturated carbocycles. The van der Waals surface area contributed by atoms with E-state index < -0.39 is 0 Å². The van der Waals surface area contributed by atoms with Gasteiger partial charge in [-0.05, 0) is 31.0 Å². The third kappa shape index (κ3) is 4.24. The number of aromatic amines is 1. The van der Waals surface area contributed by atoms with Crippen LogP contribution in [0, 0.1) is 0 Å². The molecule has 0 aliphatic rings. The van der Waals surface area contributed by atoms with Crippen LogP contribution in [0.1, 0.15) is 12.5 Å². The molecule has 0 aliphatic carbocycles. The number of nitrogens with one attached hydrogen (secondary N) is 2. The van der Waals surface area contributed by atoms with E-state index in [-0.39, 0.29) is 6.03 Å². The average molecular weight is 288 g/mol. The molecule has 2 rings (SSSR count). The number of rotatable bonds is 6. The quantitative estimate of drug-likeness (QED) is 0.858. The lowest BCUT2D eigenvalue weighted by Crippen LogP contribution is -2.33. The van der Waals surface area contributed by atoms with Gasteiger partial charge >= 0.3 is 6.03 Å². The van der Waals surface area contributed by atoms with Crippen LogP contribution in [-0.2, 0) is 6.42 Å². The number of aromatic nitrogens is 2. The standard InChI is InChI=1S/C15H20N4O2/c1-3-21-14-7-5-4-6-13(14)18-15(20)19(2)9-8-12-10-16-17-11-12/h4-7,10-11H,3,8-9H2,1-2H3,(H,16,17)(H,18,20). The van der Waals surface area contributed by atoms with Crippen LogP contribution in [0.5, 0.6) is 5.75 Å². The molecule has 1 aromatic carbocycles. The monoisotopic (exact) mass is 288 g/mol. The molecule has 2 amide bonds. The number of para-hydroxylation sites is 2. The lowest BCUT2D eigenvalue weighted by atomic mass is 10.2. The predicted octanol–water partition coefficient (Wildman–Crippen LogP) is 2.51. The number of carbonyl (C=O) groups excluding carboxylic acids is 1. The summed E-state index contributed by atoms with van der Waals surface area (Å²) in [4.78, 5) is 13.8. The fourth-order valence-corrected chi connectivity index (χ4v) is 1.87. The van der Waals surface area contributed by atoms with E-state index in [9.17, 15) is 4.79 Å². The minimum Gasteiger partial charge on any atom is -0.492 e. The lowest BCUT2D eigenvalue weighted by molar-refractivity contribution is 0.223. The van der Waals surface area contributed by atoms with Crippen LogP contribution in [0.3, 0.4) is 0 Å². The molecule has 21 heavy (non-hydrogen) atoms. The summed E-state index contributed by atoms with van der Waals surface area (Å²) in [5.41, 5.74) is 1.75. The Morgan fingerprint density at radius 2 is 2.24 bits per heavy atom. The van der Waals surface area contributed by atoms with Crippen molar-refractivity contribution >= 4 is 11.7 Å². The van der Waals surface area contributed by atoms with E-state index in [1.165, 1.54) is 0 Å². The summed E-state index contributed by atoms with van der Waals surface area (Å²) >= 11 is 0. The summed E-state index contributed by atoms with van der Waals surface area (Å²) in [6.07, 6.45) is 4.35. The second-order valence-corrected chi connectivity index (χ2v) is 4.64. The highest BCUT2D eigenvalue weighted by atomic mass is 16.5. The van der Waals surface area contributed by atoms with E-state index in [0.29, 0.717) is 24.6 Å². The molecule has 2 aromatic rings. The average Bonchev–Trinajstić information content (AvgIpc) is 3.00. The van der Waals surface area contributed by atoms with Gasteiger partial charge in [-0.2, -0.15) is 5.10 Å². The van der Waals surface area contributed by atoms with Gasteiger partial charge in [-0.25, -0.2) is 4.79 Å². The van der Waals surface area contributed by atoms with Gasteiger partial charge < -0.3 is 15.0 Å². The summed E-state index contributed by atoms with van der Waals surface area (Å²) in [5.74, 6) is 0.677. The Labute approximate surface area is 124 Å². The van der Waals surface area contributed by atoms with E-state index >= 15 is 0 Å². The fourth-order valence-electron chi connectivity index (χ4n) is 1.87. The van der Waals surface area contributed by atoms with Crippen molar-refractivity contribution in [2.45, 2.75) is 13.3 Å². The zero-order valence-electron chi connectivity index (χ0n) is 12.3. The molecule has 0 atom stereocenters. The number of amides is 2. The molecule has 0 fully saturated rings. The van der Waals surface area contributed by atoms with Crippen molar-refractivity contribution in [3.05, 3.63) is 42.2 Å². The molecule has 1 aromatic heterocycles. The van der Waals surface area contributed by atoms with Crippen molar-refractivity contribution in [2.24, 2.45) is 0 Å². The van der Waals surface area contributed by atoms with Gasteiger partial charge in [-0.3, -0.25) is 5.10 Å². The molecule has 0 saturated heterocycles. The topological polar surface area (TPSA) is 70.2 Å². The summed E-state index contributed by atoms with van der Waals surface area (Å²) in [7, 11) is 1.76. The van der Waals surface area contributed by atoms with Crippen molar-refractivity contribution in [3.8, 4) is 5.75 Å². The molecule has 0 spiro atoms. The third-order valence-electron chi connectivity index (χ3n) is 3.07. The maximum absolute atomic E-state index is 12.2. The van der Waals surface area contributed by atoms with Crippen molar-refractivity contribution in [2.75, 3.05) is 25.5 Å². The number of ether oxygens (including phenoxy) is 1. The second kappa shape index (κ2) is 7.33. The zero-order chi connectivity index (χ0) is 15.1. The number of likely N-dealkylation sites (N-methyl/N-ethyl adjacent to an activating group) is 1. The maximum atomic E-state index is 12.2. The molecular weight excluding hydrogens is 268 g/mol. The highest BCUT2D eigenvalue weighted by molar-refractivity contribution is 5.90. The predicted molar refractivity (Wildman–Crippen MR) is 81.6 cm³/mol. The number of benzene rings is 1. The van der Waals surface area contributed by atoms with Gasteiger partial charge in [0.05, 0.1) is 18.5 Å². The van der Waals surface area contributed by atoms with Crippen LogP contribution in [0.15, 0.2) is 36.7 Å². The molecule has 6 nitrogen and oxygen atoms in total. The Balaban J connectivity index is 1.91. The van der Waals surface area contributed by atoms with E-state index in [2.05, 4.69) is 15.5 Å². The number of urea groups is 1.